The normalized spacial score (nSPS) is 18.0. The Kier molecular flexibility index (Phi) is 9.75. The second-order valence-corrected chi connectivity index (χ2v) is 11.8. The molecule has 15 heteroatoms. The quantitative estimate of drug-likeness (QED) is 0.265. The van der Waals surface area contributed by atoms with Crippen LogP contribution in [0.5, 0.6) is 0 Å². The van der Waals surface area contributed by atoms with Crippen molar-refractivity contribution in [2.45, 2.75) is 45.5 Å². The molecule has 1 unspecified atom stereocenters. The predicted octanol–water partition coefficient (Wildman–Crippen LogP) is 4.68. The van der Waals surface area contributed by atoms with E-state index in [9.17, 15) is 27.2 Å². The van der Waals surface area contributed by atoms with E-state index in [0.717, 1.165) is 42.9 Å². The van der Waals surface area contributed by atoms with E-state index in [1.807, 2.05) is 9.80 Å². The summed E-state index contributed by atoms with van der Waals surface area (Å²) >= 11 is 1.14. The summed E-state index contributed by atoms with van der Waals surface area (Å²) < 4.78 is 59.7. The number of nitrogens with one attached hydrogen (secondary N) is 1. The number of carbonyl (C=O) groups excluding carboxylic acids is 2. The molecule has 1 atom stereocenters. The van der Waals surface area contributed by atoms with Gasteiger partial charge in [-0.1, -0.05) is 11.3 Å². The van der Waals surface area contributed by atoms with Crippen LogP contribution in [0.3, 0.4) is 0 Å². The van der Waals surface area contributed by atoms with Gasteiger partial charge in [0.1, 0.15) is 17.3 Å². The van der Waals surface area contributed by atoms with Crippen LogP contribution < -0.4 is 10.2 Å². The molecule has 1 amide bonds. The van der Waals surface area contributed by atoms with E-state index in [2.05, 4.69) is 32.1 Å². The summed E-state index contributed by atoms with van der Waals surface area (Å²) in [6.07, 6.45) is 0.103. The van der Waals surface area contributed by atoms with Crippen LogP contribution in [0.15, 0.2) is 30.6 Å². The van der Waals surface area contributed by atoms with Crippen molar-refractivity contribution in [2.75, 3.05) is 56.1 Å². The molecule has 1 aromatic carbocycles. The summed E-state index contributed by atoms with van der Waals surface area (Å²) in [5.41, 5.74) is -0.894. The zero-order chi connectivity index (χ0) is 31.4. The summed E-state index contributed by atoms with van der Waals surface area (Å²) in [4.78, 5) is 44.7. The largest absolute Gasteiger partial charge is 0.465 e. The lowest BCUT2D eigenvalue weighted by Gasteiger charge is -2.34. The molecule has 2 fully saturated rings. The number of carbonyl (C=O) groups is 2. The average molecular weight is 636 g/mol. The van der Waals surface area contributed by atoms with Gasteiger partial charge in [-0.3, -0.25) is 24.7 Å². The van der Waals surface area contributed by atoms with Crippen molar-refractivity contribution in [3.8, 4) is 11.3 Å². The average Bonchev–Trinajstić information content (AvgIpc) is 3.58. The first-order valence-corrected chi connectivity index (χ1v) is 15.2. The van der Waals surface area contributed by atoms with Gasteiger partial charge < -0.3 is 9.64 Å². The van der Waals surface area contributed by atoms with Crippen molar-refractivity contribution in [1.29, 1.82) is 0 Å². The van der Waals surface area contributed by atoms with E-state index in [4.69, 9.17) is 4.74 Å². The summed E-state index contributed by atoms with van der Waals surface area (Å²) in [6, 6.07) is 2.62. The first kappa shape index (κ1) is 31.7. The Labute approximate surface area is 256 Å². The second-order valence-electron chi connectivity index (χ2n) is 10.8. The third-order valence-electron chi connectivity index (χ3n) is 7.68. The van der Waals surface area contributed by atoms with E-state index in [0.29, 0.717) is 56.1 Å². The third-order valence-corrected chi connectivity index (χ3v) is 8.63. The van der Waals surface area contributed by atoms with Crippen molar-refractivity contribution < 1.29 is 31.9 Å². The van der Waals surface area contributed by atoms with Gasteiger partial charge in [-0.25, -0.2) is 19.3 Å². The molecule has 0 bridgehead atoms. The minimum atomic E-state index is -4.73. The number of nitrogens with zero attached hydrogens (tertiary/aromatic N) is 6. The van der Waals surface area contributed by atoms with Crippen LogP contribution >= 0.6 is 11.3 Å². The Morgan fingerprint density at radius 2 is 1.86 bits per heavy atom. The van der Waals surface area contributed by atoms with Crippen LogP contribution in [0.4, 0.5) is 28.5 Å². The number of likely N-dealkylation sites (tertiary alicyclic amines) is 1. The third kappa shape index (κ3) is 7.68. The first-order chi connectivity index (χ1) is 21.0. The van der Waals surface area contributed by atoms with Crippen LogP contribution in [0, 0.1) is 5.82 Å². The molecule has 2 aromatic heterocycles. The number of amides is 1. The minimum Gasteiger partial charge on any atom is -0.465 e. The predicted molar refractivity (Wildman–Crippen MR) is 157 cm³/mol. The maximum absolute atomic E-state index is 14.3. The molecule has 0 saturated carbocycles. The zero-order valence-corrected chi connectivity index (χ0v) is 25.2. The highest BCUT2D eigenvalue weighted by atomic mass is 32.1. The summed E-state index contributed by atoms with van der Waals surface area (Å²) in [7, 11) is 0. The number of thiazole rings is 1. The van der Waals surface area contributed by atoms with Gasteiger partial charge in [0.25, 0.3) is 5.91 Å². The summed E-state index contributed by atoms with van der Waals surface area (Å²) in [6.45, 7) is 8.16. The fraction of sp³-hybridized carbons (Fsp3) is 0.483. The van der Waals surface area contributed by atoms with Crippen molar-refractivity contribution in [3.05, 3.63) is 52.5 Å². The summed E-state index contributed by atoms with van der Waals surface area (Å²) in [5.74, 6) is -1.28. The van der Waals surface area contributed by atoms with E-state index < -0.39 is 23.5 Å². The monoisotopic (exact) mass is 635 g/mol. The second kappa shape index (κ2) is 13.5. The van der Waals surface area contributed by atoms with Crippen LogP contribution in [-0.2, 0) is 22.3 Å². The van der Waals surface area contributed by atoms with Crippen molar-refractivity contribution in [2.24, 2.45) is 0 Å². The van der Waals surface area contributed by atoms with Crippen LogP contribution in [0.1, 0.15) is 47.6 Å². The fourth-order valence-electron chi connectivity index (χ4n) is 5.33. The van der Waals surface area contributed by atoms with Gasteiger partial charge in [0.2, 0.25) is 0 Å². The van der Waals surface area contributed by atoms with Crippen molar-refractivity contribution in [1.82, 2.24) is 24.8 Å². The number of piperazine rings is 1. The topological polar surface area (TPSA) is 104 Å². The number of hydrogen-bond acceptors (Lipinski definition) is 10. The molecule has 3 aromatic rings. The van der Waals surface area contributed by atoms with Crippen LogP contribution in [-0.4, -0.2) is 88.5 Å². The number of benzene rings is 1. The first-order valence-electron chi connectivity index (χ1n) is 14.4. The molecule has 0 radical (unpaired) electrons. The van der Waals surface area contributed by atoms with Gasteiger partial charge in [-0.15, -0.1) is 0 Å². The van der Waals surface area contributed by atoms with Gasteiger partial charge >= 0.3 is 12.1 Å². The van der Waals surface area contributed by atoms with E-state index >= 15 is 0 Å². The lowest BCUT2D eigenvalue weighted by atomic mass is 10.1. The van der Waals surface area contributed by atoms with E-state index in [1.165, 1.54) is 12.4 Å². The lowest BCUT2D eigenvalue weighted by Crippen LogP contribution is -2.48. The maximum atomic E-state index is 14.3. The fourth-order valence-corrected chi connectivity index (χ4v) is 6.33. The summed E-state index contributed by atoms with van der Waals surface area (Å²) in [5, 5.41) is 2.85. The molecule has 10 nitrogen and oxygen atoms in total. The Hall–Kier alpha value is -3.69. The molecule has 4 heterocycles. The number of esters is 1. The molecule has 1 N–H and O–H groups in total. The number of aromatic nitrogens is 3. The Morgan fingerprint density at radius 3 is 2.50 bits per heavy atom. The molecule has 2 aliphatic rings. The van der Waals surface area contributed by atoms with Gasteiger partial charge in [0.15, 0.2) is 5.13 Å². The number of rotatable bonds is 9. The minimum absolute atomic E-state index is 0.0116. The Balaban J connectivity index is 1.30. The number of halogens is 4. The van der Waals surface area contributed by atoms with Crippen LogP contribution in [0.25, 0.3) is 11.3 Å². The SMILES string of the molecule is CCOC(=O)CN1CCN(c2cnc(C(=O)Nc3nc(-c4cc(F)cc(C(F)(F)F)c4)c(CN4CCCC4C)s3)cn2)CC1. The molecule has 44 heavy (non-hydrogen) atoms. The molecule has 0 spiro atoms. The highest BCUT2D eigenvalue weighted by Gasteiger charge is 2.32. The number of ether oxygens (including phenoxy) is 1. The standard InChI is InChI=1S/C29H33F4N7O3S/c1-3-43-25(41)17-38-7-9-39(10-8-38)24-15-34-22(14-35-24)27(42)37-28-36-26(23(44-28)16-40-6-4-5-18(40)2)19-11-20(29(31,32)33)13-21(30)12-19/h11-15,18H,3-10,16-17H2,1-2H3,(H,36,37,42). The van der Waals surface area contributed by atoms with Gasteiger partial charge in [0.05, 0.1) is 36.8 Å². The smallest absolute Gasteiger partial charge is 0.416 e. The molecular formula is C29H33F4N7O3S. The number of hydrogen-bond donors (Lipinski definition) is 1. The van der Waals surface area contributed by atoms with Gasteiger partial charge in [-0.05, 0) is 51.4 Å². The van der Waals surface area contributed by atoms with Gasteiger partial charge in [-0.2, -0.15) is 13.2 Å². The number of alkyl halides is 3. The highest BCUT2D eigenvalue weighted by Crippen LogP contribution is 2.38. The Bertz CT molecular complexity index is 1480. The molecule has 236 valence electrons. The molecule has 0 aliphatic carbocycles. The Morgan fingerprint density at radius 1 is 1.09 bits per heavy atom. The molecule has 5 rings (SSSR count). The molecule has 2 aliphatic heterocycles. The van der Waals surface area contributed by atoms with Crippen LogP contribution in [0.2, 0.25) is 0 Å². The zero-order valence-electron chi connectivity index (χ0n) is 24.4. The van der Waals surface area contributed by atoms with E-state index in [1.54, 1.807) is 6.92 Å². The maximum Gasteiger partial charge on any atom is 0.416 e. The molecular weight excluding hydrogens is 602 g/mol. The highest BCUT2D eigenvalue weighted by molar-refractivity contribution is 7.16. The van der Waals surface area contributed by atoms with Gasteiger partial charge in [0, 0.05) is 49.2 Å². The lowest BCUT2D eigenvalue weighted by molar-refractivity contribution is -0.144. The van der Waals surface area contributed by atoms with Crippen molar-refractivity contribution >= 4 is 34.2 Å². The van der Waals surface area contributed by atoms with E-state index in [-0.39, 0.29) is 40.6 Å². The van der Waals surface area contributed by atoms with Crippen molar-refractivity contribution in [3.63, 3.8) is 0 Å². The number of anilines is 2. The molecule has 2 saturated heterocycles.